The predicted molar refractivity (Wildman–Crippen MR) is 126 cm³/mol. The molecule has 0 saturated carbocycles. The number of carbonyl (C=O) groups is 2. The highest BCUT2D eigenvalue weighted by Crippen LogP contribution is 2.31. The Balaban J connectivity index is 1.28. The van der Waals surface area contributed by atoms with Crippen LogP contribution in [0.15, 0.2) is 72.9 Å². The third kappa shape index (κ3) is 4.12. The lowest BCUT2D eigenvalue weighted by Gasteiger charge is -2.21. The molecule has 1 saturated heterocycles. The van der Waals surface area contributed by atoms with Crippen molar-refractivity contribution in [3.8, 4) is 16.9 Å². The van der Waals surface area contributed by atoms with E-state index in [0.29, 0.717) is 36.2 Å². The van der Waals surface area contributed by atoms with Gasteiger partial charge in [0.25, 0.3) is 5.91 Å². The average Bonchev–Trinajstić information content (AvgIpc) is 3.54. The van der Waals surface area contributed by atoms with Gasteiger partial charge in [-0.25, -0.2) is 9.18 Å². The summed E-state index contributed by atoms with van der Waals surface area (Å²) in [5, 5.41) is 10.2. The van der Waals surface area contributed by atoms with Crippen LogP contribution in [-0.2, 0) is 11.4 Å². The number of aromatic nitrogens is 1. The van der Waals surface area contributed by atoms with E-state index in [2.05, 4.69) is 4.98 Å². The first-order chi connectivity index (χ1) is 16.5. The van der Waals surface area contributed by atoms with Crippen molar-refractivity contribution in [3.05, 3.63) is 89.9 Å². The Kier molecular flexibility index (Phi) is 5.76. The number of likely N-dealkylation sites (tertiary alicyclic amines) is 1. The average molecular weight is 458 g/mol. The molecule has 172 valence electrons. The minimum absolute atomic E-state index is 0.265. The fraction of sp³-hybridized carbons (Fsp3) is 0.185. The third-order valence-corrected chi connectivity index (χ3v) is 6.22. The van der Waals surface area contributed by atoms with Gasteiger partial charge in [-0.2, -0.15) is 0 Å². The first-order valence-corrected chi connectivity index (χ1v) is 11.1. The number of aliphatic carboxylic acids is 1. The van der Waals surface area contributed by atoms with Gasteiger partial charge in [0.1, 0.15) is 24.2 Å². The van der Waals surface area contributed by atoms with Crippen LogP contribution in [0.3, 0.4) is 0 Å². The summed E-state index contributed by atoms with van der Waals surface area (Å²) in [6.07, 6.45) is 2.89. The van der Waals surface area contributed by atoms with Crippen LogP contribution in [0.4, 0.5) is 4.39 Å². The van der Waals surface area contributed by atoms with Gasteiger partial charge in [0, 0.05) is 23.7 Å². The van der Waals surface area contributed by atoms with Gasteiger partial charge in [-0.05, 0) is 65.9 Å². The zero-order valence-corrected chi connectivity index (χ0v) is 18.3. The number of aromatic amines is 1. The number of hydrogen-bond donors (Lipinski definition) is 2. The maximum absolute atomic E-state index is 14.0. The molecule has 1 fully saturated rings. The van der Waals surface area contributed by atoms with Gasteiger partial charge in [0.05, 0.1) is 5.52 Å². The summed E-state index contributed by atoms with van der Waals surface area (Å²) in [6, 6.07) is 18.9. The number of H-pyrrole nitrogens is 1. The normalized spacial score (nSPS) is 15.6. The van der Waals surface area contributed by atoms with Gasteiger partial charge >= 0.3 is 5.97 Å². The number of hydrogen-bond acceptors (Lipinski definition) is 3. The summed E-state index contributed by atoms with van der Waals surface area (Å²) >= 11 is 0. The van der Waals surface area contributed by atoms with E-state index in [4.69, 9.17) is 4.74 Å². The van der Waals surface area contributed by atoms with Crippen LogP contribution in [0.5, 0.6) is 5.75 Å². The van der Waals surface area contributed by atoms with Gasteiger partial charge in [0.2, 0.25) is 0 Å². The molecule has 0 unspecified atom stereocenters. The van der Waals surface area contributed by atoms with Crippen molar-refractivity contribution in [2.75, 3.05) is 6.54 Å². The zero-order valence-electron chi connectivity index (χ0n) is 18.3. The van der Waals surface area contributed by atoms with E-state index < -0.39 is 12.0 Å². The SMILES string of the molecule is O=C(O)[C@@H]1CCCN1C(=O)c1cccc(COc2ccc(-c3ccc(F)c4[nH]ccc34)cc2)c1. The van der Waals surface area contributed by atoms with Crippen LogP contribution >= 0.6 is 0 Å². The third-order valence-electron chi connectivity index (χ3n) is 6.22. The smallest absolute Gasteiger partial charge is 0.326 e. The lowest BCUT2D eigenvalue weighted by Crippen LogP contribution is -2.40. The number of benzene rings is 3. The van der Waals surface area contributed by atoms with Crippen molar-refractivity contribution in [3.63, 3.8) is 0 Å². The fourth-order valence-electron chi connectivity index (χ4n) is 4.50. The molecule has 1 aliphatic heterocycles. The maximum Gasteiger partial charge on any atom is 0.326 e. The van der Waals surface area contributed by atoms with Crippen LogP contribution in [0.1, 0.15) is 28.8 Å². The number of fused-ring (bicyclic) bond motifs is 1. The molecule has 1 aromatic heterocycles. The van der Waals surface area contributed by atoms with E-state index in [1.807, 2.05) is 36.4 Å². The minimum atomic E-state index is -0.966. The van der Waals surface area contributed by atoms with Crippen molar-refractivity contribution >= 4 is 22.8 Å². The van der Waals surface area contributed by atoms with Crippen molar-refractivity contribution < 1.29 is 23.8 Å². The van der Waals surface area contributed by atoms with Crippen molar-refractivity contribution in [2.45, 2.75) is 25.5 Å². The Morgan fingerprint density at radius 2 is 1.91 bits per heavy atom. The molecule has 3 aromatic carbocycles. The lowest BCUT2D eigenvalue weighted by atomic mass is 10.0. The molecule has 2 N–H and O–H groups in total. The minimum Gasteiger partial charge on any atom is -0.489 e. The summed E-state index contributed by atoms with van der Waals surface area (Å²) in [5.74, 6) is -0.857. The quantitative estimate of drug-likeness (QED) is 0.414. The van der Waals surface area contributed by atoms with Gasteiger partial charge < -0.3 is 19.7 Å². The van der Waals surface area contributed by atoms with E-state index in [-0.39, 0.29) is 18.3 Å². The van der Waals surface area contributed by atoms with Crippen molar-refractivity contribution in [1.29, 1.82) is 0 Å². The molecular weight excluding hydrogens is 435 g/mol. The van der Waals surface area contributed by atoms with Crippen LogP contribution in [0.25, 0.3) is 22.0 Å². The summed E-state index contributed by atoms with van der Waals surface area (Å²) < 4.78 is 19.9. The van der Waals surface area contributed by atoms with E-state index in [0.717, 1.165) is 22.1 Å². The Morgan fingerprint density at radius 3 is 2.71 bits per heavy atom. The summed E-state index contributed by atoms with van der Waals surface area (Å²) in [4.78, 5) is 28.6. The van der Waals surface area contributed by atoms with E-state index in [9.17, 15) is 19.1 Å². The molecule has 0 radical (unpaired) electrons. The van der Waals surface area contributed by atoms with Gasteiger partial charge in [-0.3, -0.25) is 4.79 Å². The number of carboxylic acids is 1. The largest absolute Gasteiger partial charge is 0.489 e. The monoisotopic (exact) mass is 458 g/mol. The highest BCUT2D eigenvalue weighted by Gasteiger charge is 2.34. The van der Waals surface area contributed by atoms with Crippen LogP contribution in [-0.4, -0.2) is 39.5 Å². The summed E-state index contributed by atoms with van der Waals surface area (Å²) in [6.45, 7) is 0.716. The Bertz CT molecular complexity index is 1360. The molecule has 1 amide bonds. The topological polar surface area (TPSA) is 82.6 Å². The standard InChI is InChI=1S/C27H23FN2O4/c28-23-11-10-21(22-12-13-29-25(22)23)18-6-8-20(9-7-18)34-16-17-3-1-4-19(15-17)26(31)30-14-2-5-24(30)27(32)33/h1,3-4,6-13,15,24,29H,2,5,14,16H2,(H,32,33)/t24-/m0/s1. The van der Waals surface area contributed by atoms with Gasteiger partial charge in [0.15, 0.2) is 0 Å². The van der Waals surface area contributed by atoms with Crippen molar-refractivity contribution in [2.24, 2.45) is 0 Å². The summed E-state index contributed by atoms with van der Waals surface area (Å²) in [7, 11) is 0. The molecule has 7 heteroatoms. The molecule has 0 aliphatic carbocycles. The highest BCUT2D eigenvalue weighted by atomic mass is 19.1. The van der Waals surface area contributed by atoms with Crippen LogP contribution < -0.4 is 4.74 Å². The molecule has 0 bridgehead atoms. The van der Waals surface area contributed by atoms with Crippen LogP contribution in [0, 0.1) is 5.82 Å². The second-order valence-corrected chi connectivity index (χ2v) is 8.37. The number of halogens is 1. The number of rotatable bonds is 6. The zero-order chi connectivity index (χ0) is 23.7. The maximum atomic E-state index is 14.0. The number of carbonyl (C=O) groups excluding carboxylic acids is 1. The second kappa shape index (κ2) is 9.02. The van der Waals surface area contributed by atoms with Gasteiger partial charge in [-0.15, -0.1) is 0 Å². The molecule has 4 aromatic rings. The molecular formula is C27H23FN2O4. The molecule has 1 atom stereocenters. The lowest BCUT2D eigenvalue weighted by molar-refractivity contribution is -0.141. The number of nitrogens with zero attached hydrogens (tertiary/aromatic N) is 1. The number of amides is 1. The summed E-state index contributed by atoms with van der Waals surface area (Å²) in [5.41, 5.74) is 3.63. The van der Waals surface area contributed by atoms with E-state index in [1.165, 1.54) is 11.0 Å². The molecule has 1 aliphatic rings. The van der Waals surface area contributed by atoms with Crippen molar-refractivity contribution in [1.82, 2.24) is 9.88 Å². The second-order valence-electron chi connectivity index (χ2n) is 8.37. The fourth-order valence-corrected chi connectivity index (χ4v) is 4.50. The Labute approximate surface area is 195 Å². The van der Waals surface area contributed by atoms with Gasteiger partial charge in [-0.1, -0.05) is 30.3 Å². The predicted octanol–water partition coefficient (Wildman–Crippen LogP) is 5.24. The van der Waals surface area contributed by atoms with Crippen LogP contribution in [0.2, 0.25) is 0 Å². The number of carboxylic acid groups (broad SMARTS) is 1. The highest BCUT2D eigenvalue weighted by molar-refractivity contribution is 5.97. The first-order valence-electron chi connectivity index (χ1n) is 11.1. The van der Waals surface area contributed by atoms with E-state index >= 15 is 0 Å². The molecule has 6 nitrogen and oxygen atoms in total. The molecule has 2 heterocycles. The number of ether oxygens (including phenoxy) is 1. The Morgan fingerprint density at radius 1 is 1.09 bits per heavy atom. The molecule has 5 rings (SSSR count). The Hall–Kier alpha value is -4.13. The first kappa shape index (κ1) is 21.7. The molecule has 0 spiro atoms. The molecule has 34 heavy (non-hydrogen) atoms. The van der Waals surface area contributed by atoms with E-state index in [1.54, 1.807) is 30.5 Å². The number of nitrogens with one attached hydrogen (secondary N) is 1.